The van der Waals surface area contributed by atoms with Crippen molar-refractivity contribution in [2.75, 3.05) is 25.7 Å². The molecule has 6 heteroatoms. The van der Waals surface area contributed by atoms with Gasteiger partial charge in [-0.3, -0.25) is 0 Å². The van der Waals surface area contributed by atoms with E-state index in [1.165, 1.54) is 0 Å². The zero-order chi connectivity index (χ0) is 17.6. The highest BCUT2D eigenvalue weighted by molar-refractivity contribution is 5.59. The Morgan fingerprint density at radius 2 is 1.72 bits per heavy atom. The lowest BCUT2D eigenvalue weighted by atomic mass is 10.2. The van der Waals surface area contributed by atoms with Crippen LogP contribution in [-0.2, 0) is 6.54 Å². The van der Waals surface area contributed by atoms with E-state index in [1.54, 1.807) is 14.2 Å². The van der Waals surface area contributed by atoms with Crippen LogP contribution in [0.2, 0.25) is 0 Å². The van der Waals surface area contributed by atoms with Crippen molar-refractivity contribution in [3.05, 3.63) is 54.4 Å². The third-order valence-corrected chi connectivity index (χ3v) is 3.93. The van der Waals surface area contributed by atoms with Crippen LogP contribution in [-0.4, -0.2) is 31.0 Å². The van der Waals surface area contributed by atoms with Crippen molar-refractivity contribution in [2.24, 2.45) is 0 Å². The molecular formula is C19H21N3O3. The van der Waals surface area contributed by atoms with Crippen LogP contribution in [0.25, 0.3) is 11.5 Å². The minimum atomic E-state index is 0.458. The number of aromatic nitrogens is 2. The van der Waals surface area contributed by atoms with Crippen LogP contribution in [0.1, 0.15) is 12.8 Å². The molecule has 0 aliphatic carbocycles. The smallest absolute Gasteiger partial charge is 0.247 e. The molecule has 0 N–H and O–H groups in total. The second kappa shape index (κ2) is 7.70. The number of rotatable bonds is 7. The van der Waals surface area contributed by atoms with Gasteiger partial charge in [0.15, 0.2) is 11.5 Å². The van der Waals surface area contributed by atoms with Crippen LogP contribution < -0.4 is 14.4 Å². The van der Waals surface area contributed by atoms with E-state index < -0.39 is 0 Å². The lowest BCUT2D eigenvalue weighted by Crippen LogP contribution is -2.22. The molecule has 3 rings (SSSR count). The summed E-state index contributed by atoms with van der Waals surface area (Å²) >= 11 is 0. The minimum absolute atomic E-state index is 0.458. The first-order valence-corrected chi connectivity index (χ1v) is 8.10. The Bertz CT molecular complexity index is 818. The van der Waals surface area contributed by atoms with Crippen LogP contribution >= 0.6 is 0 Å². The summed E-state index contributed by atoms with van der Waals surface area (Å²) in [7, 11) is 3.20. The predicted octanol–water partition coefficient (Wildman–Crippen LogP) is 3.78. The van der Waals surface area contributed by atoms with E-state index in [4.69, 9.17) is 13.9 Å². The predicted molar refractivity (Wildman–Crippen MR) is 96.0 cm³/mol. The molecule has 3 aromatic rings. The lowest BCUT2D eigenvalue weighted by Gasteiger charge is -2.20. The summed E-state index contributed by atoms with van der Waals surface area (Å²) in [6.45, 7) is 3.50. The van der Waals surface area contributed by atoms with Crippen LogP contribution in [0.3, 0.4) is 0 Å². The molecule has 1 aromatic heterocycles. The van der Waals surface area contributed by atoms with Crippen molar-refractivity contribution in [1.82, 2.24) is 10.2 Å². The summed E-state index contributed by atoms with van der Waals surface area (Å²) in [4.78, 5) is 2.17. The summed E-state index contributed by atoms with van der Waals surface area (Å²) in [6.07, 6.45) is 0. The van der Waals surface area contributed by atoms with Gasteiger partial charge in [0.25, 0.3) is 0 Å². The summed E-state index contributed by atoms with van der Waals surface area (Å²) in [5, 5.41) is 8.33. The van der Waals surface area contributed by atoms with E-state index in [0.717, 1.165) is 17.8 Å². The topological polar surface area (TPSA) is 60.6 Å². The first kappa shape index (κ1) is 16.8. The van der Waals surface area contributed by atoms with Crippen molar-refractivity contribution in [2.45, 2.75) is 13.5 Å². The summed E-state index contributed by atoms with van der Waals surface area (Å²) in [6, 6.07) is 15.7. The Labute approximate surface area is 147 Å². The highest BCUT2D eigenvalue weighted by atomic mass is 16.5. The molecule has 0 spiro atoms. The fourth-order valence-corrected chi connectivity index (χ4v) is 2.59. The second-order valence-corrected chi connectivity index (χ2v) is 5.42. The van der Waals surface area contributed by atoms with E-state index in [9.17, 15) is 0 Å². The summed E-state index contributed by atoms with van der Waals surface area (Å²) in [5.41, 5.74) is 1.91. The van der Waals surface area contributed by atoms with Crippen molar-refractivity contribution in [3.8, 4) is 23.0 Å². The maximum absolute atomic E-state index is 5.84. The molecule has 1 heterocycles. The average molecular weight is 339 g/mol. The number of methoxy groups -OCH3 is 2. The number of para-hydroxylation sites is 1. The molecule has 2 aromatic carbocycles. The molecule has 0 bridgehead atoms. The van der Waals surface area contributed by atoms with Gasteiger partial charge in [0.05, 0.1) is 20.8 Å². The quantitative estimate of drug-likeness (QED) is 0.653. The number of nitrogens with zero attached hydrogens (tertiary/aromatic N) is 3. The average Bonchev–Trinajstić information content (AvgIpc) is 3.14. The van der Waals surface area contributed by atoms with E-state index in [2.05, 4.69) is 34.2 Å². The summed E-state index contributed by atoms with van der Waals surface area (Å²) < 4.78 is 16.4. The maximum atomic E-state index is 5.84. The maximum Gasteiger partial charge on any atom is 0.247 e. The molecule has 0 saturated heterocycles. The number of ether oxygens (including phenoxy) is 2. The fourth-order valence-electron chi connectivity index (χ4n) is 2.59. The van der Waals surface area contributed by atoms with Gasteiger partial charge in [-0.05, 0) is 37.3 Å². The summed E-state index contributed by atoms with van der Waals surface area (Å²) in [5.74, 6) is 2.31. The molecule has 0 atom stereocenters. The van der Waals surface area contributed by atoms with Gasteiger partial charge in [-0.25, -0.2) is 0 Å². The zero-order valence-electron chi connectivity index (χ0n) is 14.6. The Morgan fingerprint density at radius 1 is 0.960 bits per heavy atom. The van der Waals surface area contributed by atoms with E-state index in [-0.39, 0.29) is 0 Å². The molecular weight excluding hydrogens is 318 g/mol. The minimum Gasteiger partial charge on any atom is -0.493 e. The molecule has 0 saturated carbocycles. The van der Waals surface area contributed by atoms with Crippen LogP contribution in [0.4, 0.5) is 5.69 Å². The van der Waals surface area contributed by atoms with Gasteiger partial charge in [-0.1, -0.05) is 18.2 Å². The van der Waals surface area contributed by atoms with Gasteiger partial charge in [0.2, 0.25) is 11.8 Å². The monoisotopic (exact) mass is 339 g/mol. The van der Waals surface area contributed by atoms with Crippen molar-refractivity contribution in [1.29, 1.82) is 0 Å². The molecule has 6 nitrogen and oxygen atoms in total. The Kier molecular flexibility index (Phi) is 5.18. The SMILES string of the molecule is CCN(Cc1nnc(-c2ccc(OC)c(OC)c2)o1)c1ccccc1. The third-order valence-electron chi connectivity index (χ3n) is 3.93. The number of hydrogen-bond donors (Lipinski definition) is 0. The Hall–Kier alpha value is -3.02. The van der Waals surface area contributed by atoms with Crippen molar-refractivity contribution in [3.63, 3.8) is 0 Å². The number of anilines is 1. The Morgan fingerprint density at radius 3 is 2.40 bits per heavy atom. The molecule has 0 aliphatic heterocycles. The van der Waals surface area contributed by atoms with Gasteiger partial charge in [0, 0.05) is 17.8 Å². The molecule has 0 unspecified atom stereocenters. The van der Waals surface area contributed by atoms with Gasteiger partial charge in [-0.15, -0.1) is 10.2 Å². The normalized spacial score (nSPS) is 10.5. The number of hydrogen-bond acceptors (Lipinski definition) is 6. The van der Waals surface area contributed by atoms with Crippen molar-refractivity contribution < 1.29 is 13.9 Å². The first-order valence-electron chi connectivity index (χ1n) is 8.10. The third kappa shape index (κ3) is 3.74. The Balaban J connectivity index is 1.80. The van der Waals surface area contributed by atoms with Gasteiger partial charge in [0.1, 0.15) is 0 Å². The highest BCUT2D eigenvalue weighted by Crippen LogP contribution is 2.31. The molecule has 0 aliphatic rings. The highest BCUT2D eigenvalue weighted by Gasteiger charge is 2.14. The molecule has 0 radical (unpaired) electrons. The van der Waals surface area contributed by atoms with E-state index in [0.29, 0.717) is 29.8 Å². The van der Waals surface area contributed by atoms with Crippen molar-refractivity contribution >= 4 is 5.69 Å². The van der Waals surface area contributed by atoms with Gasteiger partial charge in [-0.2, -0.15) is 0 Å². The molecule has 25 heavy (non-hydrogen) atoms. The number of benzene rings is 2. The largest absolute Gasteiger partial charge is 0.493 e. The first-order chi connectivity index (χ1) is 12.2. The van der Waals surface area contributed by atoms with Crippen LogP contribution in [0.5, 0.6) is 11.5 Å². The van der Waals surface area contributed by atoms with Crippen LogP contribution in [0, 0.1) is 0 Å². The fraction of sp³-hybridized carbons (Fsp3) is 0.263. The molecule has 0 amide bonds. The van der Waals surface area contributed by atoms with E-state index in [1.807, 2.05) is 36.4 Å². The zero-order valence-corrected chi connectivity index (χ0v) is 14.6. The second-order valence-electron chi connectivity index (χ2n) is 5.42. The standard InChI is InChI=1S/C19H21N3O3/c1-4-22(15-8-6-5-7-9-15)13-18-20-21-19(25-18)14-10-11-16(23-2)17(12-14)24-3/h5-12H,4,13H2,1-3H3. The van der Waals surface area contributed by atoms with Gasteiger partial charge < -0.3 is 18.8 Å². The lowest BCUT2D eigenvalue weighted by molar-refractivity contribution is 0.355. The van der Waals surface area contributed by atoms with E-state index >= 15 is 0 Å². The van der Waals surface area contributed by atoms with Crippen LogP contribution in [0.15, 0.2) is 52.9 Å². The molecule has 130 valence electrons. The van der Waals surface area contributed by atoms with Gasteiger partial charge >= 0.3 is 0 Å². The molecule has 0 fully saturated rings.